The highest BCUT2D eigenvalue weighted by atomic mass is 32.2. The number of hydrogen-bond donors (Lipinski definition) is 2. The third-order valence-corrected chi connectivity index (χ3v) is 5.82. The molecule has 0 heterocycles. The SMILES string of the molecule is CC(=O)Nc1cc(C)c(O)c(S(=O)(=O)c2ccc(C)cc2)c1C(C)C. The topological polar surface area (TPSA) is 83.5 Å². The van der Waals surface area contributed by atoms with Gasteiger partial charge in [0.05, 0.1) is 4.90 Å². The number of aromatic hydroxyl groups is 1. The van der Waals surface area contributed by atoms with Crippen LogP contribution in [0.5, 0.6) is 5.75 Å². The van der Waals surface area contributed by atoms with Gasteiger partial charge in [0, 0.05) is 18.2 Å². The largest absolute Gasteiger partial charge is 0.506 e. The van der Waals surface area contributed by atoms with E-state index < -0.39 is 9.84 Å². The summed E-state index contributed by atoms with van der Waals surface area (Å²) in [6, 6.07) is 8.07. The molecule has 0 aromatic heterocycles. The molecule has 0 atom stereocenters. The second kappa shape index (κ2) is 6.88. The van der Waals surface area contributed by atoms with Crippen LogP contribution in [-0.2, 0) is 14.6 Å². The molecule has 5 nitrogen and oxygen atoms in total. The van der Waals surface area contributed by atoms with E-state index in [1.54, 1.807) is 25.1 Å². The quantitative estimate of drug-likeness (QED) is 0.809. The molecule has 2 aromatic rings. The molecule has 2 N–H and O–H groups in total. The highest BCUT2D eigenvalue weighted by molar-refractivity contribution is 7.91. The summed E-state index contributed by atoms with van der Waals surface area (Å²) in [5.41, 5.74) is 2.14. The summed E-state index contributed by atoms with van der Waals surface area (Å²) < 4.78 is 26.4. The maximum atomic E-state index is 13.2. The third kappa shape index (κ3) is 3.69. The second-order valence-electron chi connectivity index (χ2n) is 6.48. The van der Waals surface area contributed by atoms with Crippen molar-refractivity contribution in [1.29, 1.82) is 0 Å². The van der Waals surface area contributed by atoms with Gasteiger partial charge >= 0.3 is 0 Å². The van der Waals surface area contributed by atoms with Crippen LogP contribution in [0.15, 0.2) is 40.1 Å². The summed E-state index contributed by atoms with van der Waals surface area (Å²) in [6.45, 7) is 8.49. The van der Waals surface area contributed by atoms with E-state index in [1.807, 2.05) is 20.8 Å². The minimum Gasteiger partial charge on any atom is -0.506 e. The number of rotatable bonds is 4. The standard InChI is InChI=1S/C19H23NO4S/c1-11(2)17-16(20-14(5)21)10-13(4)18(22)19(17)25(23,24)15-8-6-12(3)7-9-15/h6-11,22H,1-5H3,(H,20,21). The molecule has 2 rings (SSSR count). The van der Waals surface area contributed by atoms with Crippen LogP contribution in [0.4, 0.5) is 5.69 Å². The molecule has 0 aliphatic rings. The zero-order valence-electron chi connectivity index (χ0n) is 15.0. The number of phenols is 1. The Morgan fingerprint density at radius 3 is 2.16 bits per heavy atom. The molecule has 25 heavy (non-hydrogen) atoms. The molecule has 2 aromatic carbocycles. The highest BCUT2D eigenvalue weighted by Crippen LogP contribution is 2.42. The number of hydrogen-bond acceptors (Lipinski definition) is 4. The molecule has 6 heteroatoms. The fraction of sp³-hybridized carbons (Fsp3) is 0.316. The minimum atomic E-state index is -3.94. The molecule has 134 valence electrons. The van der Waals surface area contributed by atoms with Gasteiger partial charge in [0.25, 0.3) is 0 Å². The maximum Gasteiger partial charge on any atom is 0.221 e. The van der Waals surface area contributed by atoms with Crippen LogP contribution in [0.2, 0.25) is 0 Å². The van der Waals surface area contributed by atoms with Gasteiger partial charge in [-0.15, -0.1) is 0 Å². The van der Waals surface area contributed by atoms with Gasteiger partial charge in [0.2, 0.25) is 15.7 Å². The van der Waals surface area contributed by atoms with Gasteiger partial charge in [-0.1, -0.05) is 31.5 Å². The molecule has 1 amide bonds. The van der Waals surface area contributed by atoms with Crippen LogP contribution in [0, 0.1) is 13.8 Å². The Balaban J connectivity index is 2.85. The van der Waals surface area contributed by atoms with E-state index in [0.29, 0.717) is 16.8 Å². The van der Waals surface area contributed by atoms with E-state index in [2.05, 4.69) is 5.32 Å². The second-order valence-corrected chi connectivity index (χ2v) is 8.37. The lowest BCUT2D eigenvalue weighted by atomic mass is 9.98. The van der Waals surface area contributed by atoms with E-state index in [4.69, 9.17) is 0 Å². The van der Waals surface area contributed by atoms with Gasteiger partial charge in [-0.05, 0) is 43.5 Å². The van der Waals surface area contributed by atoms with Gasteiger partial charge in [-0.2, -0.15) is 0 Å². The third-order valence-electron chi connectivity index (χ3n) is 3.97. The van der Waals surface area contributed by atoms with Gasteiger partial charge in [0.1, 0.15) is 10.6 Å². The lowest BCUT2D eigenvalue weighted by Gasteiger charge is -2.21. The van der Waals surface area contributed by atoms with E-state index in [1.165, 1.54) is 19.1 Å². The lowest BCUT2D eigenvalue weighted by molar-refractivity contribution is -0.114. The van der Waals surface area contributed by atoms with Crippen molar-refractivity contribution in [3.8, 4) is 5.75 Å². The average Bonchev–Trinajstić information content (AvgIpc) is 2.49. The van der Waals surface area contributed by atoms with Crippen molar-refractivity contribution in [2.45, 2.75) is 50.3 Å². The summed E-state index contributed by atoms with van der Waals surface area (Å²) in [6.07, 6.45) is 0. The van der Waals surface area contributed by atoms with Crippen molar-refractivity contribution in [3.63, 3.8) is 0 Å². The van der Waals surface area contributed by atoms with E-state index in [0.717, 1.165) is 5.56 Å². The zero-order chi connectivity index (χ0) is 18.9. The molecule has 0 saturated carbocycles. The van der Waals surface area contributed by atoms with Gasteiger partial charge in [-0.25, -0.2) is 8.42 Å². The Morgan fingerprint density at radius 2 is 1.68 bits per heavy atom. The summed E-state index contributed by atoms with van der Waals surface area (Å²) >= 11 is 0. The molecule has 0 radical (unpaired) electrons. The fourth-order valence-corrected chi connectivity index (χ4v) is 4.55. The van der Waals surface area contributed by atoms with Crippen LogP contribution >= 0.6 is 0 Å². The molecular weight excluding hydrogens is 338 g/mol. The molecule has 0 unspecified atom stereocenters. The zero-order valence-corrected chi connectivity index (χ0v) is 15.9. The van der Waals surface area contributed by atoms with Crippen molar-refractivity contribution < 1.29 is 18.3 Å². The summed E-state index contributed by atoms with van der Waals surface area (Å²) in [7, 11) is -3.94. The monoisotopic (exact) mass is 361 g/mol. The van der Waals surface area contributed by atoms with Crippen molar-refractivity contribution in [2.24, 2.45) is 0 Å². The van der Waals surface area contributed by atoms with Crippen LogP contribution in [0.3, 0.4) is 0 Å². The number of sulfone groups is 1. The Labute approximate surface area is 148 Å². The molecule has 0 aliphatic heterocycles. The van der Waals surface area contributed by atoms with Crippen LogP contribution in [-0.4, -0.2) is 19.4 Å². The van der Waals surface area contributed by atoms with Gasteiger partial charge in [0.15, 0.2) is 0 Å². The Kier molecular flexibility index (Phi) is 5.23. The summed E-state index contributed by atoms with van der Waals surface area (Å²) in [5, 5.41) is 13.2. The number of phenolic OH excluding ortho intramolecular Hbond substituents is 1. The predicted molar refractivity (Wildman–Crippen MR) is 97.9 cm³/mol. The van der Waals surface area contributed by atoms with E-state index >= 15 is 0 Å². The highest BCUT2D eigenvalue weighted by Gasteiger charge is 2.30. The number of carbonyl (C=O) groups is 1. The van der Waals surface area contributed by atoms with Crippen molar-refractivity contribution in [3.05, 3.63) is 47.0 Å². The summed E-state index contributed by atoms with van der Waals surface area (Å²) in [5.74, 6) is -0.798. The van der Waals surface area contributed by atoms with Gasteiger partial charge in [-0.3, -0.25) is 4.79 Å². The van der Waals surface area contributed by atoms with E-state index in [9.17, 15) is 18.3 Å². The molecule has 0 bridgehead atoms. The Hall–Kier alpha value is -2.34. The number of nitrogens with one attached hydrogen (secondary N) is 1. The van der Waals surface area contributed by atoms with Crippen molar-refractivity contribution in [2.75, 3.05) is 5.32 Å². The first kappa shape index (κ1) is 19.0. The lowest BCUT2D eigenvalue weighted by Crippen LogP contribution is -2.14. The first-order valence-corrected chi connectivity index (χ1v) is 9.49. The number of amides is 1. The molecule has 0 spiro atoms. The predicted octanol–water partition coefficient (Wildman–Crippen LogP) is 3.92. The first-order valence-electron chi connectivity index (χ1n) is 8.01. The number of anilines is 1. The molecule has 0 aliphatic carbocycles. The molecule has 0 saturated heterocycles. The number of carbonyl (C=O) groups excluding carboxylic acids is 1. The molecular formula is C19H23NO4S. The van der Waals surface area contributed by atoms with Crippen molar-refractivity contribution >= 4 is 21.4 Å². The average molecular weight is 361 g/mol. The minimum absolute atomic E-state index is 0.106. The fourth-order valence-electron chi connectivity index (χ4n) is 2.77. The van der Waals surface area contributed by atoms with Gasteiger partial charge < -0.3 is 10.4 Å². The maximum absolute atomic E-state index is 13.2. The first-order chi connectivity index (χ1) is 11.6. The number of benzene rings is 2. The normalized spacial score (nSPS) is 11.6. The van der Waals surface area contributed by atoms with Crippen LogP contribution in [0.1, 0.15) is 43.4 Å². The van der Waals surface area contributed by atoms with Crippen molar-refractivity contribution in [1.82, 2.24) is 0 Å². The van der Waals surface area contributed by atoms with Crippen LogP contribution in [0.25, 0.3) is 0 Å². The Morgan fingerprint density at radius 1 is 1.12 bits per heavy atom. The smallest absolute Gasteiger partial charge is 0.221 e. The van der Waals surface area contributed by atoms with E-state index in [-0.39, 0.29) is 27.4 Å². The van der Waals surface area contributed by atoms with Crippen LogP contribution < -0.4 is 5.32 Å². The summed E-state index contributed by atoms with van der Waals surface area (Å²) in [4.78, 5) is 11.5. The Bertz CT molecular complexity index is 913. The number of aryl methyl sites for hydroxylation is 2. The molecule has 0 fully saturated rings.